The third kappa shape index (κ3) is 4.04. The summed E-state index contributed by atoms with van der Waals surface area (Å²) < 4.78 is 2.91. The molecule has 0 aliphatic carbocycles. The zero-order valence-electron chi connectivity index (χ0n) is 15.3. The van der Waals surface area contributed by atoms with Crippen molar-refractivity contribution in [3.05, 3.63) is 56.4 Å². The van der Waals surface area contributed by atoms with E-state index in [2.05, 4.69) is 35.9 Å². The normalized spacial score (nSPS) is 16.0. The molecule has 3 rings (SSSR count). The van der Waals surface area contributed by atoms with Crippen LogP contribution in [0.2, 0.25) is 0 Å². The molecule has 0 aromatic carbocycles. The van der Waals surface area contributed by atoms with Crippen LogP contribution < -0.4 is 11.1 Å². The molecule has 3 heterocycles. The Bertz CT molecular complexity index is 872. The summed E-state index contributed by atoms with van der Waals surface area (Å²) in [6.07, 6.45) is 1.73. The summed E-state index contributed by atoms with van der Waals surface area (Å²) in [7, 11) is 1.64. The molecule has 7 heteroatoms. The molecule has 1 aliphatic heterocycles. The number of hydrogen-bond acceptors (Lipinski definition) is 5. The molecule has 25 heavy (non-hydrogen) atoms. The highest BCUT2D eigenvalue weighted by Crippen LogP contribution is 2.21. The highest BCUT2D eigenvalue weighted by Gasteiger charge is 2.28. The maximum absolute atomic E-state index is 12.1. The van der Waals surface area contributed by atoms with Crippen LogP contribution in [0.15, 0.2) is 34.0 Å². The van der Waals surface area contributed by atoms with Gasteiger partial charge in [0, 0.05) is 50.1 Å². The van der Waals surface area contributed by atoms with Crippen molar-refractivity contribution in [2.75, 3.05) is 13.1 Å². The third-order valence-corrected chi connectivity index (χ3v) is 4.53. The molecule has 0 bridgehead atoms. The van der Waals surface area contributed by atoms with Crippen molar-refractivity contribution >= 4 is 0 Å². The van der Waals surface area contributed by atoms with Gasteiger partial charge in [-0.25, -0.2) is 9.36 Å². The molecular formula is C18H25N5O2. The summed E-state index contributed by atoms with van der Waals surface area (Å²) in [4.78, 5) is 25.9. The molecule has 0 unspecified atom stereocenters. The van der Waals surface area contributed by atoms with E-state index < -0.39 is 0 Å². The van der Waals surface area contributed by atoms with Gasteiger partial charge in [0.05, 0.1) is 18.4 Å². The largest absolute Gasteiger partial charge is 0.298 e. The Morgan fingerprint density at radius 2 is 1.88 bits per heavy atom. The molecule has 2 aromatic rings. The highest BCUT2D eigenvalue weighted by atomic mass is 16.1. The number of hydrogen-bond donors (Lipinski definition) is 0. The van der Waals surface area contributed by atoms with Gasteiger partial charge in [0.15, 0.2) is 0 Å². The van der Waals surface area contributed by atoms with Crippen LogP contribution in [-0.2, 0) is 25.6 Å². The number of aromatic nitrogens is 4. The van der Waals surface area contributed by atoms with Crippen LogP contribution in [0.1, 0.15) is 32.0 Å². The van der Waals surface area contributed by atoms with Gasteiger partial charge in [-0.05, 0) is 11.6 Å². The van der Waals surface area contributed by atoms with E-state index in [0.717, 1.165) is 24.3 Å². The zero-order chi connectivity index (χ0) is 18.2. The van der Waals surface area contributed by atoms with Crippen LogP contribution in [0.25, 0.3) is 0 Å². The first-order valence-corrected chi connectivity index (χ1v) is 8.55. The van der Waals surface area contributed by atoms with Crippen molar-refractivity contribution in [2.45, 2.75) is 39.3 Å². The van der Waals surface area contributed by atoms with Crippen LogP contribution in [0, 0.1) is 5.92 Å². The van der Waals surface area contributed by atoms with Gasteiger partial charge in [-0.3, -0.25) is 14.5 Å². The Labute approximate surface area is 146 Å². The smallest absolute Gasteiger partial charge is 0.266 e. The summed E-state index contributed by atoms with van der Waals surface area (Å²) >= 11 is 0. The topological polar surface area (TPSA) is 73.0 Å². The quantitative estimate of drug-likeness (QED) is 0.820. The molecule has 0 amide bonds. The average Bonchev–Trinajstić information content (AvgIpc) is 2.49. The Morgan fingerprint density at radius 3 is 2.52 bits per heavy atom. The van der Waals surface area contributed by atoms with Gasteiger partial charge >= 0.3 is 0 Å². The number of aryl methyl sites for hydroxylation is 1. The van der Waals surface area contributed by atoms with Gasteiger partial charge in [-0.15, -0.1) is 0 Å². The fourth-order valence-electron chi connectivity index (χ4n) is 3.00. The molecule has 0 atom stereocenters. The molecule has 7 nitrogen and oxygen atoms in total. The van der Waals surface area contributed by atoms with Crippen LogP contribution >= 0.6 is 0 Å². The Kier molecular flexibility index (Phi) is 4.60. The highest BCUT2D eigenvalue weighted by molar-refractivity contribution is 5.11. The molecule has 0 spiro atoms. The monoisotopic (exact) mass is 343 g/mol. The minimum absolute atomic E-state index is 0.0535. The second kappa shape index (κ2) is 6.55. The van der Waals surface area contributed by atoms with Crippen LogP contribution in [-0.4, -0.2) is 37.6 Å². The molecule has 1 saturated heterocycles. The molecule has 0 N–H and O–H groups in total. The van der Waals surface area contributed by atoms with E-state index in [9.17, 15) is 9.59 Å². The van der Waals surface area contributed by atoms with Gasteiger partial charge in [0.2, 0.25) is 0 Å². The second-order valence-corrected chi connectivity index (χ2v) is 7.87. The lowest BCUT2D eigenvalue weighted by Crippen LogP contribution is -2.49. The standard InChI is InChI=1S/C18H25N5O2/c1-18(2,3)15-5-6-16(24)23(20-15)12-14-10-22(11-14)9-13-7-17(25)21(4)19-8-13/h5-8,14H,9-12H2,1-4H3. The summed E-state index contributed by atoms with van der Waals surface area (Å²) in [5, 5.41) is 8.57. The molecule has 1 aliphatic rings. The Morgan fingerprint density at radius 1 is 1.16 bits per heavy atom. The fraction of sp³-hybridized carbons (Fsp3) is 0.556. The molecular weight excluding hydrogens is 318 g/mol. The van der Waals surface area contributed by atoms with E-state index in [0.29, 0.717) is 19.0 Å². The second-order valence-electron chi connectivity index (χ2n) is 7.87. The molecule has 2 aromatic heterocycles. The predicted molar refractivity (Wildman–Crippen MR) is 95.4 cm³/mol. The van der Waals surface area contributed by atoms with Gasteiger partial charge in [0.1, 0.15) is 0 Å². The van der Waals surface area contributed by atoms with E-state index in [-0.39, 0.29) is 16.5 Å². The minimum Gasteiger partial charge on any atom is -0.298 e. The zero-order valence-corrected chi connectivity index (χ0v) is 15.3. The van der Waals surface area contributed by atoms with Gasteiger partial charge in [-0.1, -0.05) is 20.8 Å². The number of rotatable bonds is 4. The van der Waals surface area contributed by atoms with Crippen molar-refractivity contribution in [1.29, 1.82) is 0 Å². The lowest BCUT2D eigenvalue weighted by Gasteiger charge is -2.39. The Hall–Kier alpha value is -2.28. The van der Waals surface area contributed by atoms with Gasteiger partial charge in [0.25, 0.3) is 11.1 Å². The summed E-state index contributed by atoms with van der Waals surface area (Å²) in [6.45, 7) is 9.40. The number of nitrogens with zero attached hydrogens (tertiary/aromatic N) is 5. The van der Waals surface area contributed by atoms with E-state index in [4.69, 9.17) is 0 Å². The first-order valence-electron chi connectivity index (χ1n) is 8.55. The van der Waals surface area contributed by atoms with E-state index in [1.165, 1.54) is 4.68 Å². The molecule has 0 saturated carbocycles. The predicted octanol–water partition coefficient (Wildman–Crippen LogP) is 0.766. The first kappa shape index (κ1) is 17.5. The third-order valence-electron chi connectivity index (χ3n) is 4.53. The molecule has 0 radical (unpaired) electrons. The fourth-order valence-corrected chi connectivity index (χ4v) is 3.00. The average molecular weight is 343 g/mol. The summed E-state index contributed by atoms with van der Waals surface area (Å²) in [6, 6.07) is 5.05. The van der Waals surface area contributed by atoms with Crippen molar-refractivity contribution in [3.8, 4) is 0 Å². The summed E-state index contributed by atoms with van der Waals surface area (Å²) in [5.41, 5.74) is 1.63. The van der Waals surface area contributed by atoms with E-state index in [1.54, 1.807) is 30.1 Å². The lowest BCUT2D eigenvalue weighted by molar-refractivity contribution is 0.0761. The number of likely N-dealkylation sites (tertiary alicyclic amines) is 1. The van der Waals surface area contributed by atoms with Crippen LogP contribution in [0.5, 0.6) is 0 Å². The summed E-state index contributed by atoms with van der Waals surface area (Å²) in [5.74, 6) is 0.403. The SMILES string of the molecule is Cn1ncc(CN2CC(Cn3nc(C(C)(C)C)ccc3=O)C2)cc1=O. The maximum Gasteiger partial charge on any atom is 0.266 e. The van der Waals surface area contributed by atoms with Crippen molar-refractivity contribution in [3.63, 3.8) is 0 Å². The molecule has 134 valence electrons. The van der Waals surface area contributed by atoms with E-state index in [1.807, 2.05) is 6.07 Å². The molecule has 1 fully saturated rings. The van der Waals surface area contributed by atoms with Crippen molar-refractivity contribution < 1.29 is 0 Å². The van der Waals surface area contributed by atoms with E-state index >= 15 is 0 Å². The van der Waals surface area contributed by atoms with Crippen LogP contribution in [0.3, 0.4) is 0 Å². The van der Waals surface area contributed by atoms with Gasteiger partial charge in [-0.2, -0.15) is 10.2 Å². The minimum atomic E-state index is -0.0932. The maximum atomic E-state index is 12.1. The van der Waals surface area contributed by atoms with Crippen LogP contribution in [0.4, 0.5) is 0 Å². The van der Waals surface area contributed by atoms with Crippen molar-refractivity contribution in [2.24, 2.45) is 13.0 Å². The lowest BCUT2D eigenvalue weighted by atomic mass is 9.92. The van der Waals surface area contributed by atoms with Crippen molar-refractivity contribution in [1.82, 2.24) is 24.5 Å². The Balaban J connectivity index is 1.59. The van der Waals surface area contributed by atoms with Gasteiger partial charge < -0.3 is 0 Å². The first-order chi connectivity index (χ1) is 11.7.